The van der Waals surface area contributed by atoms with Gasteiger partial charge < -0.3 is 15.8 Å². The average molecular weight is 188 g/mol. The lowest BCUT2D eigenvalue weighted by atomic mass is 10.0. The Bertz CT molecular complexity index is 149. The second-order valence-electron chi connectivity index (χ2n) is 3.43. The summed E-state index contributed by atoms with van der Waals surface area (Å²) in [5, 5.41) is 2.87. The smallest absolute Gasteiger partial charge is 0.246 e. The number of methoxy groups -OCH3 is 1. The van der Waals surface area contributed by atoms with Crippen LogP contribution in [0.3, 0.4) is 0 Å². The van der Waals surface area contributed by atoms with Crippen molar-refractivity contribution in [2.24, 2.45) is 11.7 Å². The van der Waals surface area contributed by atoms with Crippen LogP contribution < -0.4 is 11.1 Å². The zero-order valence-corrected chi connectivity index (χ0v) is 8.67. The average Bonchev–Trinajstić information content (AvgIpc) is 2.04. The minimum Gasteiger partial charge on any atom is -0.375 e. The Labute approximate surface area is 79.8 Å². The summed E-state index contributed by atoms with van der Waals surface area (Å²) in [4.78, 5) is 11.2. The molecule has 0 aromatic rings. The summed E-state index contributed by atoms with van der Waals surface area (Å²) in [6, 6.07) is 0.160. The van der Waals surface area contributed by atoms with Crippen LogP contribution in [0.25, 0.3) is 0 Å². The van der Waals surface area contributed by atoms with E-state index in [1.807, 2.05) is 0 Å². The molecule has 0 saturated heterocycles. The number of rotatable bonds is 6. The van der Waals surface area contributed by atoms with Crippen molar-refractivity contribution >= 4 is 5.91 Å². The molecule has 0 saturated carbocycles. The van der Waals surface area contributed by atoms with Crippen molar-refractivity contribution < 1.29 is 9.53 Å². The van der Waals surface area contributed by atoms with Crippen LogP contribution in [0.15, 0.2) is 0 Å². The van der Waals surface area contributed by atoms with Gasteiger partial charge in [-0.1, -0.05) is 13.8 Å². The monoisotopic (exact) mass is 188 g/mol. The summed E-state index contributed by atoms with van der Waals surface area (Å²) >= 11 is 0. The lowest BCUT2D eigenvalue weighted by Gasteiger charge is -2.21. The Morgan fingerprint density at radius 1 is 1.54 bits per heavy atom. The van der Waals surface area contributed by atoms with E-state index < -0.39 is 0 Å². The van der Waals surface area contributed by atoms with Crippen molar-refractivity contribution in [1.29, 1.82) is 0 Å². The Balaban J connectivity index is 3.86. The summed E-state index contributed by atoms with van der Waals surface area (Å²) in [5.41, 5.74) is 5.43. The van der Waals surface area contributed by atoms with E-state index in [9.17, 15) is 4.79 Å². The Morgan fingerprint density at radius 3 is 2.54 bits per heavy atom. The summed E-state index contributed by atoms with van der Waals surface area (Å²) in [6.45, 7) is 4.84. The largest absolute Gasteiger partial charge is 0.375 e. The van der Waals surface area contributed by atoms with Crippen LogP contribution in [-0.2, 0) is 9.53 Å². The molecular formula is C9H20N2O2. The minimum atomic E-state index is -0.0744. The van der Waals surface area contributed by atoms with Gasteiger partial charge in [0.1, 0.15) is 6.61 Å². The normalized spacial score (nSPS) is 13.0. The molecule has 1 unspecified atom stereocenters. The second kappa shape index (κ2) is 6.86. The molecule has 0 radical (unpaired) electrons. The van der Waals surface area contributed by atoms with Crippen molar-refractivity contribution in [2.75, 3.05) is 20.3 Å². The topological polar surface area (TPSA) is 64.3 Å². The van der Waals surface area contributed by atoms with Crippen LogP contribution in [0.1, 0.15) is 20.3 Å². The quantitative estimate of drug-likeness (QED) is 0.622. The van der Waals surface area contributed by atoms with Gasteiger partial charge in [0.2, 0.25) is 5.91 Å². The van der Waals surface area contributed by atoms with Crippen LogP contribution in [0.4, 0.5) is 0 Å². The third kappa shape index (κ3) is 5.60. The van der Waals surface area contributed by atoms with E-state index in [1.54, 1.807) is 0 Å². The standard InChI is InChI=1S/C9H20N2O2/c1-7(2)8(4-5-10)11-9(12)6-13-3/h7-8H,4-6,10H2,1-3H3,(H,11,12). The summed E-state index contributed by atoms with van der Waals surface area (Å²) in [7, 11) is 1.51. The fourth-order valence-corrected chi connectivity index (χ4v) is 1.13. The van der Waals surface area contributed by atoms with Crippen molar-refractivity contribution in [2.45, 2.75) is 26.3 Å². The summed E-state index contributed by atoms with van der Waals surface area (Å²) in [6.07, 6.45) is 0.813. The molecule has 0 aliphatic rings. The molecule has 0 aliphatic carbocycles. The van der Waals surface area contributed by atoms with E-state index in [2.05, 4.69) is 19.2 Å². The molecular weight excluding hydrogens is 168 g/mol. The molecule has 0 rings (SSSR count). The molecule has 78 valence electrons. The van der Waals surface area contributed by atoms with Gasteiger partial charge in [-0.25, -0.2) is 0 Å². The van der Waals surface area contributed by atoms with Gasteiger partial charge in [0, 0.05) is 13.2 Å². The summed E-state index contributed by atoms with van der Waals surface area (Å²) < 4.78 is 4.72. The highest BCUT2D eigenvalue weighted by Crippen LogP contribution is 2.04. The molecule has 0 aromatic heterocycles. The zero-order chi connectivity index (χ0) is 10.3. The van der Waals surface area contributed by atoms with Gasteiger partial charge in [-0.2, -0.15) is 0 Å². The highest BCUT2D eigenvalue weighted by molar-refractivity contribution is 5.77. The predicted molar refractivity (Wildman–Crippen MR) is 52.3 cm³/mol. The Morgan fingerprint density at radius 2 is 2.15 bits per heavy atom. The Hall–Kier alpha value is -0.610. The van der Waals surface area contributed by atoms with E-state index in [1.165, 1.54) is 7.11 Å². The van der Waals surface area contributed by atoms with E-state index in [0.717, 1.165) is 6.42 Å². The summed E-state index contributed by atoms with van der Waals surface area (Å²) in [5.74, 6) is 0.332. The lowest BCUT2D eigenvalue weighted by Crippen LogP contribution is -2.41. The van der Waals surface area contributed by atoms with Gasteiger partial charge >= 0.3 is 0 Å². The molecule has 0 bridgehead atoms. The van der Waals surface area contributed by atoms with Crippen LogP contribution in [-0.4, -0.2) is 32.2 Å². The molecule has 1 atom stereocenters. The lowest BCUT2D eigenvalue weighted by molar-refractivity contribution is -0.125. The second-order valence-corrected chi connectivity index (χ2v) is 3.43. The molecule has 4 nitrogen and oxygen atoms in total. The number of hydrogen-bond donors (Lipinski definition) is 2. The zero-order valence-electron chi connectivity index (χ0n) is 8.67. The van der Waals surface area contributed by atoms with Crippen LogP contribution in [0.5, 0.6) is 0 Å². The Kier molecular flexibility index (Phi) is 6.54. The third-order valence-electron chi connectivity index (χ3n) is 1.90. The molecule has 3 N–H and O–H groups in total. The molecule has 0 heterocycles. The van der Waals surface area contributed by atoms with Crippen LogP contribution >= 0.6 is 0 Å². The maximum atomic E-state index is 11.2. The van der Waals surface area contributed by atoms with Crippen molar-refractivity contribution in [3.63, 3.8) is 0 Å². The number of nitrogens with one attached hydrogen (secondary N) is 1. The van der Waals surface area contributed by atoms with E-state index in [0.29, 0.717) is 12.5 Å². The van der Waals surface area contributed by atoms with Gasteiger partial charge in [0.05, 0.1) is 0 Å². The maximum Gasteiger partial charge on any atom is 0.246 e. The first-order chi connectivity index (χ1) is 6.11. The predicted octanol–water partition coefficient (Wildman–Crippen LogP) is 0.122. The highest BCUT2D eigenvalue weighted by atomic mass is 16.5. The fraction of sp³-hybridized carbons (Fsp3) is 0.889. The van der Waals surface area contributed by atoms with Gasteiger partial charge in [0.15, 0.2) is 0 Å². The van der Waals surface area contributed by atoms with Gasteiger partial charge in [-0.3, -0.25) is 4.79 Å². The number of hydrogen-bond acceptors (Lipinski definition) is 3. The van der Waals surface area contributed by atoms with Gasteiger partial charge in [-0.05, 0) is 18.9 Å². The first-order valence-corrected chi connectivity index (χ1v) is 4.60. The van der Waals surface area contributed by atoms with E-state index in [-0.39, 0.29) is 18.6 Å². The molecule has 0 fully saturated rings. The number of carbonyl (C=O) groups excluding carboxylic acids is 1. The van der Waals surface area contributed by atoms with E-state index >= 15 is 0 Å². The first kappa shape index (κ1) is 12.4. The number of ether oxygens (including phenoxy) is 1. The third-order valence-corrected chi connectivity index (χ3v) is 1.90. The van der Waals surface area contributed by atoms with Crippen LogP contribution in [0, 0.1) is 5.92 Å². The van der Waals surface area contributed by atoms with E-state index in [4.69, 9.17) is 10.5 Å². The molecule has 0 aliphatic heterocycles. The maximum absolute atomic E-state index is 11.2. The molecule has 1 amide bonds. The van der Waals surface area contributed by atoms with Gasteiger partial charge in [-0.15, -0.1) is 0 Å². The first-order valence-electron chi connectivity index (χ1n) is 4.60. The van der Waals surface area contributed by atoms with Crippen LogP contribution in [0.2, 0.25) is 0 Å². The molecule has 0 aromatic carbocycles. The van der Waals surface area contributed by atoms with Crippen molar-refractivity contribution in [3.05, 3.63) is 0 Å². The molecule has 4 heteroatoms. The minimum absolute atomic E-state index is 0.0744. The fourth-order valence-electron chi connectivity index (χ4n) is 1.13. The van der Waals surface area contributed by atoms with Gasteiger partial charge in [0.25, 0.3) is 0 Å². The molecule has 13 heavy (non-hydrogen) atoms. The SMILES string of the molecule is COCC(=O)NC(CCN)C(C)C. The number of amides is 1. The molecule has 0 spiro atoms. The number of nitrogens with two attached hydrogens (primary N) is 1. The number of carbonyl (C=O) groups is 1. The highest BCUT2D eigenvalue weighted by Gasteiger charge is 2.14. The van der Waals surface area contributed by atoms with Crippen molar-refractivity contribution in [3.8, 4) is 0 Å². The van der Waals surface area contributed by atoms with Crippen molar-refractivity contribution in [1.82, 2.24) is 5.32 Å².